The number of hydrogen-bond donors (Lipinski definition) is 1. The molecule has 2 unspecified atom stereocenters. The standard InChI is InChI=1S/C36H39Cl2N3O5S/c1-22-19-23(2)25(4)36(24(22)3)47(44,45)39-18-6-9-33(43)46-21-32(42)41-35(27-12-16-30(38)17-13-27)31-8-5-7-28(34(31)40-41)20-26-10-14-29(37)15-11-26/h10-17,19-20,31,35,39H,5-9,18,21H2,1-4H3/b28-20-. The number of benzene rings is 3. The average molecular weight is 697 g/mol. The van der Waals surface area contributed by atoms with Gasteiger partial charge in [-0.25, -0.2) is 18.1 Å². The predicted octanol–water partition coefficient (Wildman–Crippen LogP) is 7.65. The quantitative estimate of drug-likeness (QED) is 0.173. The van der Waals surface area contributed by atoms with Crippen molar-refractivity contribution in [1.29, 1.82) is 0 Å². The highest BCUT2D eigenvalue weighted by Gasteiger charge is 2.43. The highest BCUT2D eigenvalue weighted by atomic mass is 35.5. The van der Waals surface area contributed by atoms with Gasteiger partial charge >= 0.3 is 5.97 Å². The Balaban J connectivity index is 1.24. The lowest BCUT2D eigenvalue weighted by Crippen LogP contribution is -2.34. The molecule has 1 aliphatic carbocycles. The Morgan fingerprint density at radius 2 is 1.60 bits per heavy atom. The molecule has 47 heavy (non-hydrogen) atoms. The summed E-state index contributed by atoms with van der Waals surface area (Å²) in [7, 11) is -3.77. The molecule has 3 aromatic carbocycles. The van der Waals surface area contributed by atoms with Crippen LogP contribution >= 0.6 is 23.2 Å². The summed E-state index contributed by atoms with van der Waals surface area (Å²) < 4.78 is 34.2. The van der Waals surface area contributed by atoms with Crippen LogP contribution in [0.15, 0.2) is 70.2 Å². The molecule has 1 heterocycles. The number of carbonyl (C=O) groups is 2. The van der Waals surface area contributed by atoms with Crippen molar-refractivity contribution in [1.82, 2.24) is 9.73 Å². The van der Waals surface area contributed by atoms with Gasteiger partial charge in [-0.1, -0.05) is 53.5 Å². The van der Waals surface area contributed by atoms with E-state index in [4.69, 9.17) is 33.0 Å². The molecule has 1 saturated carbocycles. The monoisotopic (exact) mass is 695 g/mol. The molecular weight excluding hydrogens is 657 g/mol. The van der Waals surface area contributed by atoms with E-state index in [9.17, 15) is 18.0 Å². The third-order valence-electron chi connectivity index (χ3n) is 8.95. The number of aryl methyl sites for hydroxylation is 2. The number of rotatable bonds is 10. The van der Waals surface area contributed by atoms with Gasteiger partial charge in [0.1, 0.15) is 0 Å². The summed E-state index contributed by atoms with van der Waals surface area (Å²) >= 11 is 12.3. The number of esters is 1. The summed E-state index contributed by atoms with van der Waals surface area (Å²) in [6.45, 7) is 6.93. The Morgan fingerprint density at radius 1 is 0.979 bits per heavy atom. The van der Waals surface area contributed by atoms with Crippen molar-refractivity contribution in [3.05, 3.63) is 104 Å². The van der Waals surface area contributed by atoms with Gasteiger partial charge in [-0.05, 0) is 123 Å². The number of halogens is 2. The van der Waals surface area contributed by atoms with Crippen LogP contribution in [-0.4, -0.2) is 44.2 Å². The maximum Gasteiger partial charge on any atom is 0.306 e. The number of carbonyl (C=O) groups excluding carboxylic acids is 2. The molecule has 5 rings (SSSR count). The molecule has 1 amide bonds. The molecule has 1 fully saturated rings. The molecule has 1 N–H and O–H groups in total. The van der Waals surface area contributed by atoms with Crippen LogP contribution in [0.25, 0.3) is 6.08 Å². The molecule has 2 atom stereocenters. The van der Waals surface area contributed by atoms with E-state index >= 15 is 0 Å². The van der Waals surface area contributed by atoms with E-state index in [-0.39, 0.29) is 36.2 Å². The summed E-state index contributed by atoms with van der Waals surface area (Å²) in [5.74, 6) is -1.06. The third kappa shape index (κ3) is 7.97. The Hall–Kier alpha value is -3.50. The zero-order valence-corrected chi connectivity index (χ0v) is 29.3. The van der Waals surface area contributed by atoms with Gasteiger partial charge in [0, 0.05) is 28.9 Å². The van der Waals surface area contributed by atoms with Crippen molar-refractivity contribution < 1.29 is 22.7 Å². The molecule has 11 heteroatoms. The van der Waals surface area contributed by atoms with Crippen LogP contribution < -0.4 is 4.72 Å². The fraction of sp³-hybridized carbons (Fsp3) is 0.361. The first-order chi connectivity index (χ1) is 22.4. The van der Waals surface area contributed by atoms with Crippen molar-refractivity contribution in [2.45, 2.75) is 70.7 Å². The van der Waals surface area contributed by atoms with Gasteiger partial charge in [-0.3, -0.25) is 9.59 Å². The first-order valence-electron chi connectivity index (χ1n) is 15.7. The molecule has 0 saturated heterocycles. The molecule has 0 bridgehead atoms. The van der Waals surface area contributed by atoms with E-state index in [0.717, 1.165) is 52.8 Å². The number of hydrogen-bond acceptors (Lipinski definition) is 6. The number of hydrazone groups is 1. The van der Waals surface area contributed by atoms with E-state index in [2.05, 4.69) is 10.8 Å². The zero-order valence-electron chi connectivity index (χ0n) is 27.0. The Morgan fingerprint density at radius 3 is 2.23 bits per heavy atom. The van der Waals surface area contributed by atoms with Gasteiger partial charge in [0.15, 0.2) is 6.61 Å². The zero-order chi connectivity index (χ0) is 33.9. The van der Waals surface area contributed by atoms with Crippen molar-refractivity contribution in [3.8, 4) is 0 Å². The van der Waals surface area contributed by atoms with Gasteiger partial charge in [0.05, 0.1) is 16.6 Å². The van der Waals surface area contributed by atoms with Gasteiger partial charge in [-0.15, -0.1) is 0 Å². The fourth-order valence-corrected chi connectivity index (χ4v) is 8.27. The van der Waals surface area contributed by atoms with Gasteiger partial charge in [-0.2, -0.15) is 5.10 Å². The van der Waals surface area contributed by atoms with Crippen LogP contribution in [0.2, 0.25) is 10.0 Å². The number of ether oxygens (including phenoxy) is 1. The number of nitrogens with zero attached hydrogens (tertiary/aromatic N) is 2. The topological polar surface area (TPSA) is 105 Å². The minimum atomic E-state index is -3.77. The van der Waals surface area contributed by atoms with Crippen molar-refractivity contribution in [2.24, 2.45) is 11.0 Å². The predicted molar refractivity (Wildman–Crippen MR) is 186 cm³/mol. The second-order valence-corrected chi connectivity index (χ2v) is 14.8. The Labute approximate surface area is 286 Å². The number of allylic oxidation sites excluding steroid dienone is 1. The minimum absolute atomic E-state index is 0.0272. The van der Waals surface area contributed by atoms with Gasteiger partial charge < -0.3 is 4.74 Å². The van der Waals surface area contributed by atoms with Crippen molar-refractivity contribution >= 4 is 56.9 Å². The first kappa shape index (κ1) is 34.8. The minimum Gasteiger partial charge on any atom is -0.455 e. The second-order valence-electron chi connectivity index (χ2n) is 12.2. The molecular formula is C36H39Cl2N3O5S. The number of fused-ring (bicyclic) bond motifs is 1. The van der Waals surface area contributed by atoms with Crippen LogP contribution in [0.5, 0.6) is 0 Å². The molecule has 2 aliphatic rings. The molecule has 3 aromatic rings. The Kier molecular flexibility index (Phi) is 10.9. The lowest BCUT2D eigenvalue weighted by molar-refractivity contribution is -0.153. The molecule has 1 aliphatic heterocycles. The maximum absolute atomic E-state index is 13.6. The smallest absolute Gasteiger partial charge is 0.306 e. The van der Waals surface area contributed by atoms with E-state index in [1.807, 2.05) is 56.3 Å². The van der Waals surface area contributed by atoms with Crippen LogP contribution in [0, 0.1) is 33.6 Å². The summed E-state index contributed by atoms with van der Waals surface area (Å²) in [6, 6.07) is 16.6. The second kappa shape index (κ2) is 14.7. The summed E-state index contributed by atoms with van der Waals surface area (Å²) in [5.41, 5.74) is 7.01. The third-order valence-corrected chi connectivity index (χ3v) is 11.2. The number of amides is 1. The summed E-state index contributed by atoms with van der Waals surface area (Å²) in [4.78, 5) is 26.5. The highest BCUT2D eigenvalue weighted by Crippen LogP contribution is 2.44. The van der Waals surface area contributed by atoms with Crippen LogP contribution in [0.4, 0.5) is 0 Å². The van der Waals surface area contributed by atoms with E-state index < -0.39 is 28.5 Å². The summed E-state index contributed by atoms with van der Waals surface area (Å²) in [6.07, 6.45) is 4.88. The van der Waals surface area contributed by atoms with Crippen molar-refractivity contribution in [2.75, 3.05) is 13.2 Å². The molecule has 0 spiro atoms. The molecule has 0 aromatic heterocycles. The average Bonchev–Trinajstić information content (AvgIpc) is 3.43. The van der Waals surface area contributed by atoms with E-state index in [1.165, 1.54) is 5.01 Å². The van der Waals surface area contributed by atoms with E-state index in [0.29, 0.717) is 21.2 Å². The molecule has 8 nitrogen and oxygen atoms in total. The molecule has 0 radical (unpaired) electrons. The van der Waals surface area contributed by atoms with E-state index in [1.54, 1.807) is 26.0 Å². The highest BCUT2D eigenvalue weighted by molar-refractivity contribution is 7.89. The number of nitrogens with one attached hydrogen (secondary N) is 1. The van der Waals surface area contributed by atoms with Crippen molar-refractivity contribution in [3.63, 3.8) is 0 Å². The summed E-state index contributed by atoms with van der Waals surface area (Å²) in [5, 5.41) is 7.52. The molecule has 248 valence electrons. The lowest BCUT2D eigenvalue weighted by atomic mass is 9.77. The first-order valence-corrected chi connectivity index (χ1v) is 17.9. The van der Waals surface area contributed by atoms with Crippen LogP contribution in [-0.2, 0) is 24.3 Å². The van der Waals surface area contributed by atoms with Gasteiger partial charge in [0.25, 0.3) is 5.91 Å². The lowest BCUT2D eigenvalue weighted by Gasteiger charge is -2.29. The fourth-order valence-electron chi connectivity index (χ4n) is 6.34. The maximum atomic E-state index is 13.6. The Bertz CT molecular complexity index is 1810. The van der Waals surface area contributed by atoms with Crippen LogP contribution in [0.1, 0.15) is 71.5 Å². The largest absolute Gasteiger partial charge is 0.455 e. The SMILES string of the molecule is Cc1cc(C)c(C)c(S(=O)(=O)NCCCC(=O)OCC(=O)N2N=C3/C(=C\c4ccc(Cl)cc4)CCCC3C2c2ccc(Cl)cc2)c1C. The normalized spacial score (nSPS) is 18.6. The van der Waals surface area contributed by atoms with Gasteiger partial charge in [0.2, 0.25) is 10.0 Å². The number of sulfonamides is 1. The van der Waals surface area contributed by atoms with Crippen LogP contribution in [0.3, 0.4) is 0 Å².